The van der Waals surface area contributed by atoms with Crippen LogP contribution in [0.5, 0.6) is 0 Å². The number of esters is 2. The van der Waals surface area contributed by atoms with Crippen LogP contribution in [0.2, 0.25) is 5.02 Å². The van der Waals surface area contributed by atoms with Gasteiger partial charge >= 0.3 is 11.9 Å². The van der Waals surface area contributed by atoms with Crippen LogP contribution in [0.4, 0.5) is 0 Å². The van der Waals surface area contributed by atoms with E-state index in [1.54, 1.807) is 24.3 Å². The molecule has 0 spiro atoms. The Labute approximate surface area is 130 Å². The van der Waals surface area contributed by atoms with Crippen molar-refractivity contribution in [3.63, 3.8) is 0 Å². The molecule has 22 heavy (non-hydrogen) atoms. The largest absolute Gasteiger partial charge is 0.465 e. The second-order valence-electron chi connectivity index (χ2n) is 4.28. The molecule has 2 aromatic rings. The van der Waals surface area contributed by atoms with Crippen LogP contribution in [0.25, 0.3) is 5.69 Å². The van der Waals surface area contributed by atoms with E-state index in [0.29, 0.717) is 10.7 Å². The standard InChI is InChI=1S/C15H12ClNO5/c1-21-14(19)11-7-17(10-5-3-9(16)4-6-10)8-12(13(11)18)15(20)22-2/h3-8H,1-2H3. The van der Waals surface area contributed by atoms with E-state index in [9.17, 15) is 14.4 Å². The van der Waals surface area contributed by atoms with Gasteiger partial charge in [0.15, 0.2) is 0 Å². The van der Waals surface area contributed by atoms with E-state index in [1.807, 2.05) is 0 Å². The highest BCUT2D eigenvalue weighted by Crippen LogP contribution is 2.14. The lowest BCUT2D eigenvalue weighted by molar-refractivity contribution is 0.0595. The maximum atomic E-state index is 12.2. The molecular weight excluding hydrogens is 310 g/mol. The van der Waals surface area contributed by atoms with Gasteiger partial charge in [-0.1, -0.05) is 11.6 Å². The minimum Gasteiger partial charge on any atom is -0.465 e. The van der Waals surface area contributed by atoms with Crippen molar-refractivity contribution in [3.8, 4) is 5.69 Å². The van der Waals surface area contributed by atoms with Gasteiger partial charge in [0.2, 0.25) is 5.43 Å². The van der Waals surface area contributed by atoms with Crippen molar-refractivity contribution >= 4 is 23.5 Å². The Morgan fingerprint density at radius 2 is 1.41 bits per heavy atom. The average molecular weight is 322 g/mol. The van der Waals surface area contributed by atoms with Gasteiger partial charge in [-0.25, -0.2) is 9.59 Å². The Bertz CT molecular complexity index is 739. The van der Waals surface area contributed by atoms with E-state index in [-0.39, 0.29) is 11.1 Å². The van der Waals surface area contributed by atoms with Crippen LogP contribution < -0.4 is 5.43 Å². The fraction of sp³-hybridized carbons (Fsp3) is 0.133. The fourth-order valence-electron chi connectivity index (χ4n) is 1.85. The summed E-state index contributed by atoms with van der Waals surface area (Å²) in [5.74, 6) is -1.67. The highest BCUT2D eigenvalue weighted by atomic mass is 35.5. The predicted molar refractivity (Wildman–Crippen MR) is 79.7 cm³/mol. The summed E-state index contributed by atoms with van der Waals surface area (Å²) in [7, 11) is 2.30. The van der Waals surface area contributed by atoms with Gasteiger partial charge in [0.1, 0.15) is 11.1 Å². The van der Waals surface area contributed by atoms with Crippen LogP contribution in [0.3, 0.4) is 0 Å². The summed E-state index contributed by atoms with van der Waals surface area (Å²) >= 11 is 5.83. The Hall–Kier alpha value is -2.60. The first-order valence-corrected chi connectivity index (χ1v) is 6.54. The molecule has 0 N–H and O–H groups in total. The third-order valence-electron chi connectivity index (χ3n) is 2.96. The fourth-order valence-corrected chi connectivity index (χ4v) is 1.98. The molecule has 0 radical (unpaired) electrons. The second-order valence-corrected chi connectivity index (χ2v) is 4.72. The minimum atomic E-state index is -0.835. The van der Waals surface area contributed by atoms with Gasteiger partial charge in [0.25, 0.3) is 0 Å². The van der Waals surface area contributed by atoms with Crippen LogP contribution in [0.15, 0.2) is 41.5 Å². The molecule has 2 rings (SSSR count). The summed E-state index contributed by atoms with van der Waals surface area (Å²) in [6, 6.07) is 6.64. The van der Waals surface area contributed by atoms with Crippen molar-refractivity contribution in [3.05, 3.63) is 63.0 Å². The van der Waals surface area contributed by atoms with Crippen LogP contribution >= 0.6 is 11.6 Å². The Morgan fingerprint density at radius 3 is 1.82 bits per heavy atom. The molecule has 1 aromatic heterocycles. The molecule has 0 fully saturated rings. The first kappa shape index (κ1) is 15.8. The Kier molecular flexibility index (Phi) is 4.62. The van der Waals surface area contributed by atoms with Gasteiger partial charge in [0.05, 0.1) is 14.2 Å². The highest BCUT2D eigenvalue weighted by molar-refractivity contribution is 6.30. The summed E-state index contributed by atoms with van der Waals surface area (Å²) in [4.78, 5) is 35.6. The molecule has 0 aliphatic rings. The number of methoxy groups -OCH3 is 2. The lowest BCUT2D eigenvalue weighted by Crippen LogP contribution is -2.25. The molecule has 0 bridgehead atoms. The molecular formula is C15H12ClNO5. The molecule has 0 aliphatic carbocycles. The smallest absolute Gasteiger partial charge is 0.343 e. The van der Waals surface area contributed by atoms with Crippen molar-refractivity contribution in [1.29, 1.82) is 0 Å². The number of benzene rings is 1. The van der Waals surface area contributed by atoms with Crippen LogP contribution in [0.1, 0.15) is 20.7 Å². The molecule has 0 saturated heterocycles. The average Bonchev–Trinajstić information content (AvgIpc) is 2.54. The zero-order chi connectivity index (χ0) is 16.3. The van der Waals surface area contributed by atoms with Crippen molar-refractivity contribution in [2.45, 2.75) is 0 Å². The highest BCUT2D eigenvalue weighted by Gasteiger charge is 2.20. The number of pyridine rings is 1. The molecule has 114 valence electrons. The molecule has 0 unspecified atom stereocenters. The normalized spacial score (nSPS) is 10.1. The molecule has 0 aliphatic heterocycles. The van der Waals surface area contributed by atoms with Crippen molar-refractivity contribution < 1.29 is 19.1 Å². The van der Waals surface area contributed by atoms with Crippen LogP contribution in [-0.4, -0.2) is 30.7 Å². The zero-order valence-electron chi connectivity index (χ0n) is 11.8. The third-order valence-corrected chi connectivity index (χ3v) is 3.21. The maximum Gasteiger partial charge on any atom is 0.343 e. The lowest BCUT2D eigenvalue weighted by atomic mass is 10.1. The van der Waals surface area contributed by atoms with E-state index in [1.165, 1.54) is 17.0 Å². The predicted octanol–water partition coefficient (Wildman–Crippen LogP) is 2.06. The molecule has 1 heterocycles. The Morgan fingerprint density at radius 1 is 0.955 bits per heavy atom. The lowest BCUT2D eigenvalue weighted by Gasteiger charge is -2.10. The number of hydrogen-bond acceptors (Lipinski definition) is 5. The Balaban J connectivity index is 2.69. The molecule has 0 amide bonds. The van der Waals surface area contributed by atoms with E-state index < -0.39 is 17.4 Å². The van der Waals surface area contributed by atoms with Gasteiger partial charge in [-0.05, 0) is 24.3 Å². The summed E-state index contributed by atoms with van der Waals surface area (Å²) in [5.41, 5.74) is -0.663. The van der Waals surface area contributed by atoms with E-state index >= 15 is 0 Å². The van der Waals surface area contributed by atoms with Crippen molar-refractivity contribution in [2.75, 3.05) is 14.2 Å². The molecule has 6 nitrogen and oxygen atoms in total. The molecule has 0 saturated carbocycles. The van der Waals surface area contributed by atoms with Crippen LogP contribution in [0, 0.1) is 0 Å². The quantitative estimate of drug-likeness (QED) is 0.809. The number of hydrogen-bond donors (Lipinski definition) is 0. The third kappa shape index (κ3) is 3.01. The zero-order valence-corrected chi connectivity index (χ0v) is 12.6. The van der Waals surface area contributed by atoms with Crippen LogP contribution in [-0.2, 0) is 9.47 Å². The number of nitrogens with zero attached hydrogens (tertiary/aromatic N) is 1. The minimum absolute atomic E-state index is 0.264. The molecule has 1 aromatic carbocycles. The van der Waals surface area contributed by atoms with Gasteiger partial charge in [-0.2, -0.15) is 0 Å². The van der Waals surface area contributed by atoms with Crippen molar-refractivity contribution in [2.24, 2.45) is 0 Å². The van der Waals surface area contributed by atoms with E-state index in [2.05, 4.69) is 9.47 Å². The SMILES string of the molecule is COC(=O)c1cn(-c2ccc(Cl)cc2)cc(C(=O)OC)c1=O. The number of rotatable bonds is 3. The summed E-state index contributed by atoms with van der Waals surface area (Å²) in [5, 5.41) is 0.533. The van der Waals surface area contributed by atoms with E-state index in [4.69, 9.17) is 11.6 Å². The van der Waals surface area contributed by atoms with E-state index in [0.717, 1.165) is 14.2 Å². The number of carbonyl (C=O) groups is 2. The number of carbonyl (C=O) groups excluding carboxylic acids is 2. The maximum absolute atomic E-state index is 12.2. The first-order chi connectivity index (χ1) is 10.5. The summed E-state index contributed by atoms with van der Waals surface area (Å²) in [6.45, 7) is 0. The molecule has 7 heteroatoms. The van der Waals surface area contributed by atoms with Gasteiger partial charge in [-0.3, -0.25) is 4.79 Å². The monoisotopic (exact) mass is 321 g/mol. The topological polar surface area (TPSA) is 74.6 Å². The number of aromatic nitrogens is 1. The van der Waals surface area contributed by atoms with Gasteiger partial charge in [0, 0.05) is 23.1 Å². The summed E-state index contributed by atoms with van der Waals surface area (Å²) in [6.07, 6.45) is 2.59. The first-order valence-electron chi connectivity index (χ1n) is 6.16. The van der Waals surface area contributed by atoms with Gasteiger partial charge in [-0.15, -0.1) is 0 Å². The second kappa shape index (κ2) is 6.44. The molecule has 0 atom stereocenters. The summed E-state index contributed by atoms with van der Waals surface area (Å²) < 4.78 is 10.6. The number of halogens is 1. The van der Waals surface area contributed by atoms with Gasteiger partial charge < -0.3 is 14.0 Å². The van der Waals surface area contributed by atoms with Crippen molar-refractivity contribution in [1.82, 2.24) is 4.57 Å². The number of ether oxygens (including phenoxy) is 2.